The molecule has 2 aromatic carbocycles. The van der Waals surface area contributed by atoms with Gasteiger partial charge in [-0.1, -0.05) is 48.2 Å². The lowest BCUT2D eigenvalue weighted by molar-refractivity contribution is -0.384. The zero-order valence-corrected chi connectivity index (χ0v) is 20.2. The van der Waals surface area contributed by atoms with Gasteiger partial charge in [0.2, 0.25) is 11.1 Å². The highest BCUT2D eigenvalue weighted by atomic mass is 32.2. The summed E-state index contributed by atoms with van der Waals surface area (Å²) >= 11 is 2.98. The standard InChI is InChI=1S/C24H20N6O3S2/c1-15-20(22(31)26-17-6-3-2-4-7-17)21(19-8-5-13-34-19)29-23(25-15)27-24(28-29)35-14-16-9-11-18(12-10-16)30(32)33/h2-13,21H,14H2,1H3,(H,26,31)(H,25,27,28). The molecule has 1 amide bonds. The highest BCUT2D eigenvalue weighted by molar-refractivity contribution is 7.98. The molecule has 3 heterocycles. The number of aromatic nitrogens is 3. The van der Waals surface area contributed by atoms with E-state index in [0.717, 1.165) is 10.4 Å². The number of thioether (sulfide) groups is 1. The van der Waals surface area contributed by atoms with E-state index in [4.69, 9.17) is 5.10 Å². The Hall–Kier alpha value is -3.96. The van der Waals surface area contributed by atoms with E-state index >= 15 is 0 Å². The maximum absolute atomic E-state index is 13.4. The Morgan fingerprint density at radius 3 is 2.63 bits per heavy atom. The number of para-hydroxylation sites is 1. The van der Waals surface area contributed by atoms with Gasteiger partial charge in [0.1, 0.15) is 6.04 Å². The molecule has 0 aliphatic carbocycles. The summed E-state index contributed by atoms with van der Waals surface area (Å²) in [6, 6.07) is 19.3. The normalized spacial score (nSPS) is 14.8. The number of amides is 1. The third-order valence-corrected chi connectivity index (χ3v) is 7.27. The predicted molar refractivity (Wildman–Crippen MR) is 137 cm³/mol. The van der Waals surface area contributed by atoms with Crippen LogP contribution in [0, 0.1) is 10.1 Å². The minimum absolute atomic E-state index is 0.0557. The van der Waals surface area contributed by atoms with Crippen LogP contribution in [0.4, 0.5) is 17.3 Å². The molecule has 0 saturated carbocycles. The fourth-order valence-electron chi connectivity index (χ4n) is 3.78. The van der Waals surface area contributed by atoms with Crippen molar-refractivity contribution in [2.45, 2.75) is 23.9 Å². The van der Waals surface area contributed by atoms with Crippen molar-refractivity contribution in [3.05, 3.63) is 104 Å². The molecule has 0 radical (unpaired) electrons. The average molecular weight is 505 g/mol. The van der Waals surface area contributed by atoms with Crippen molar-refractivity contribution in [1.82, 2.24) is 14.8 Å². The third kappa shape index (κ3) is 4.81. The van der Waals surface area contributed by atoms with Crippen LogP contribution in [0.1, 0.15) is 23.4 Å². The van der Waals surface area contributed by atoms with Crippen LogP contribution >= 0.6 is 23.1 Å². The number of hydrogen-bond donors (Lipinski definition) is 2. The van der Waals surface area contributed by atoms with E-state index < -0.39 is 11.0 Å². The fraction of sp³-hybridized carbons (Fsp3) is 0.125. The Kier molecular flexibility index (Phi) is 6.34. The maximum Gasteiger partial charge on any atom is 0.269 e. The van der Waals surface area contributed by atoms with Gasteiger partial charge < -0.3 is 10.6 Å². The van der Waals surface area contributed by atoms with E-state index in [1.807, 2.05) is 54.8 Å². The molecular weight excluding hydrogens is 484 g/mol. The number of nitro groups is 1. The van der Waals surface area contributed by atoms with Gasteiger partial charge in [-0.15, -0.1) is 16.4 Å². The van der Waals surface area contributed by atoms with Gasteiger partial charge in [-0.25, -0.2) is 4.68 Å². The number of nitrogens with zero attached hydrogens (tertiary/aromatic N) is 4. The second kappa shape index (κ2) is 9.72. The van der Waals surface area contributed by atoms with Crippen LogP contribution in [0.2, 0.25) is 0 Å². The highest BCUT2D eigenvalue weighted by Crippen LogP contribution is 2.38. The molecule has 1 aliphatic heterocycles. The summed E-state index contributed by atoms with van der Waals surface area (Å²) in [4.78, 5) is 29.4. The highest BCUT2D eigenvalue weighted by Gasteiger charge is 2.35. The van der Waals surface area contributed by atoms with E-state index in [1.54, 1.807) is 28.2 Å². The molecule has 0 spiro atoms. The fourth-order valence-corrected chi connectivity index (χ4v) is 5.38. The maximum atomic E-state index is 13.4. The molecule has 4 aromatic rings. The van der Waals surface area contributed by atoms with Gasteiger partial charge >= 0.3 is 0 Å². The first-order chi connectivity index (χ1) is 17.0. The van der Waals surface area contributed by atoms with Crippen molar-refractivity contribution in [2.24, 2.45) is 0 Å². The third-order valence-electron chi connectivity index (χ3n) is 5.44. The van der Waals surface area contributed by atoms with Crippen molar-refractivity contribution < 1.29 is 9.72 Å². The molecule has 1 unspecified atom stereocenters. The molecule has 0 bridgehead atoms. The lowest BCUT2D eigenvalue weighted by Crippen LogP contribution is -2.31. The Morgan fingerprint density at radius 1 is 1.17 bits per heavy atom. The number of anilines is 2. The Morgan fingerprint density at radius 2 is 1.94 bits per heavy atom. The summed E-state index contributed by atoms with van der Waals surface area (Å²) in [5, 5.41) is 24.3. The van der Waals surface area contributed by atoms with Gasteiger partial charge in [0, 0.05) is 34.1 Å². The van der Waals surface area contributed by atoms with E-state index in [9.17, 15) is 14.9 Å². The van der Waals surface area contributed by atoms with Crippen molar-refractivity contribution in [1.29, 1.82) is 0 Å². The molecule has 5 rings (SSSR count). The topological polar surface area (TPSA) is 115 Å². The van der Waals surface area contributed by atoms with Gasteiger partial charge in [0.15, 0.2) is 0 Å². The van der Waals surface area contributed by atoms with Gasteiger partial charge in [0.25, 0.3) is 11.6 Å². The number of non-ortho nitro benzene ring substituents is 1. The Balaban J connectivity index is 1.41. The zero-order valence-electron chi connectivity index (χ0n) is 18.5. The summed E-state index contributed by atoms with van der Waals surface area (Å²) in [7, 11) is 0. The second-order valence-corrected chi connectivity index (χ2v) is 9.70. The number of rotatable bonds is 7. The molecule has 2 N–H and O–H groups in total. The molecule has 1 aliphatic rings. The average Bonchev–Trinajstić information content (AvgIpc) is 3.52. The SMILES string of the molecule is CC1=C(C(=O)Nc2ccccc2)C(c2cccs2)n2nc(SCc3ccc([N+](=O)[O-])cc3)nc2N1. The molecule has 1 atom stereocenters. The summed E-state index contributed by atoms with van der Waals surface area (Å²) in [6.07, 6.45) is 0. The Labute approximate surface area is 209 Å². The molecule has 9 nitrogen and oxygen atoms in total. The van der Waals surface area contributed by atoms with E-state index in [2.05, 4.69) is 15.6 Å². The first kappa shape index (κ1) is 22.8. The summed E-state index contributed by atoms with van der Waals surface area (Å²) < 4.78 is 1.75. The van der Waals surface area contributed by atoms with Gasteiger partial charge in [-0.3, -0.25) is 14.9 Å². The molecule has 0 saturated heterocycles. The van der Waals surface area contributed by atoms with Crippen LogP contribution in [0.3, 0.4) is 0 Å². The zero-order chi connectivity index (χ0) is 24.4. The number of carbonyl (C=O) groups is 1. The van der Waals surface area contributed by atoms with Crippen LogP contribution in [-0.4, -0.2) is 25.6 Å². The number of benzene rings is 2. The number of carbonyl (C=O) groups excluding carboxylic acids is 1. The van der Waals surface area contributed by atoms with Crippen LogP contribution in [0.15, 0.2) is 88.5 Å². The lowest BCUT2D eigenvalue weighted by Gasteiger charge is -2.27. The number of allylic oxidation sites excluding steroid dienone is 1. The summed E-state index contributed by atoms with van der Waals surface area (Å²) in [5.41, 5.74) is 2.98. The molecule has 0 fully saturated rings. The smallest absolute Gasteiger partial charge is 0.269 e. The summed E-state index contributed by atoms with van der Waals surface area (Å²) in [5.74, 6) is 0.906. The predicted octanol–water partition coefficient (Wildman–Crippen LogP) is 5.47. The minimum Gasteiger partial charge on any atom is -0.328 e. The van der Waals surface area contributed by atoms with Crippen molar-refractivity contribution in [3.63, 3.8) is 0 Å². The van der Waals surface area contributed by atoms with E-state index in [0.29, 0.717) is 33.8 Å². The quantitative estimate of drug-likeness (QED) is 0.195. The van der Waals surface area contributed by atoms with Crippen LogP contribution in [0.5, 0.6) is 0 Å². The Bertz CT molecular complexity index is 1400. The van der Waals surface area contributed by atoms with Gasteiger partial charge in [-0.05, 0) is 36.1 Å². The molecule has 35 heavy (non-hydrogen) atoms. The summed E-state index contributed by atoms with van der Waals surface area (Å²) in [6.45, 7) is 1.86. The molecule has 176 valence electrons. The van der Waals surface area contributed by atoms with Gasteiger partial charge in [-0.2, -0.15) is 4.98 Å². The van der Waals surface area contributed by atoms with Crippen molar-refractivity contribution in [2.75, 3.05) is 10.6 Å². The van der Waals surface area contributed by atoms with Crippen LogP contribution < -0.4 is 10.6 Å². The van der Waals surface area contributed by atoms with Crippen LogP contribution in [0.25, 0.3) is 0 Å². The first-order valence-electron chi connectivity index (χ1n) is 10.7. The van der Waals surface area contributed by atoms with Gasteiger partial charge in [0.05, 0.1) is 10.5 Å². The molecular formula is C24H20N6O3S2. The molecule has 2 aromatic heterocycles. The van der Waals surface area contributed by atoms with Crippen LogP contribution in [-0.2, 0) is 10.5 Å². The first-order valence-corrected chi connectivity index (χ1v) is 12.6. The number of fused-ring (bicyclic) bond motifs is 1. The number of nitrogens with one attached hydrogen (secondary N) is 2. The van der Waals surface area contributed by atoms with Crippen molar-refractivity contribution in [3.8, 4) is 0 Å². The largest absolute Gasteiger partial charge is 0.328 e. The number of hydrogen-bond acceptors (Lipinski definition) is 8. The van der Waals surface area contributed by atoms with E-state index in [1.165, 1.54) is 23.9 Å². The number of nitro benzene ring substituents is 1. The van der Waals surface area contributed by atoms with E-state index in [-0.39, 0.29) is 11.6 Å². The monoisotopic (exact) mass is 504 g/mol. The van der Waals surface area contributed by atoms with Crippen molar-refractivity contribution >= 4 is 46.3 Å². The lowest BCUT2D eigenvalue weighted by atomic mass is 10.0. The number of thiophene rings is 1. The molecule has 11 heteroatoms. The second-order valence-electron chi connectivity index (χ2n) is 7.78. The minimum atomic E-state index is -0.420.